The molecule has 28 heavy (non-hydrogen) atoms. The number of carbonyl (C=O) groups excluding carboxylic acids is 1. The number of hydrogen-bond donors (Lipinski definition) is 0. The van der Waals surface area contributed by atoms with Gasteiger partial charge in [0.2, 0.25) is 0 Å². The normalized spacial score (nSPS) is 17.8. The smallest absolute Gasteiger partial charge is 0.497 e. The van der Waals surface area contributed by atoms with Gasteiger partial charge < -0.3 is 22.3 Å². The first-order valence-electron chi connectivity index (χ1n) is 9.13. The predicted molar refractivity (Wildman–Crippen MR) is 106 cm³/mol. The molecule has 3 heterocycles. The number of aldehydes is 1. The second-order valence-corrected chi connectivity index (χ2v) is 7.34. The first-order chi connectivity index (χ1) is 13.2. The summed E-state index contributed by atoms with van der Waals surface area (Å²) in [7, 11) is 1.58. The van der Waals surface area contributed by atoms with E-state index in [0.29, 0.717) is 45.8 Å². The van der Waals surface area contributed by atoms with Crippen molar-refractivity contribution in [1.29, 1.82) is 0 Å². The van der Waals surface area contributed by atoms with Crippen LogP contribution in [0.3, 0.4) is 0 Å². The van der Waals surface area contributed by atoms with Gasteiger partial charge >= 0.3 is 6.97 Å². The van der Waals surface area contributed by atoms with Gasteiger partial charge in [-0.15, -0.1) is 0 Å². The Balaban J connectivity index is 2.17. The van der Waals surface area contributed by atoms with Crippen molar-refractivity contribution in [3.63, 3.8) is 0 Å². The third-order valence-corrected chi connectivity index (χ3v) is 5.76. The summed E-state index contributed by atoms with van der Waals surface area (Å²) in [6, 6.07) is 9.14. The molecule has 7 heteroatoms. The highest BCUT2D eigenvalue weighted by atomic mass is 19.2. The second-order valence-electron chi connectivity index (χ2n) is 7.34. The van der Waals surface area contributed by atoms with Crippen LogP contribution in [0, 0.1) is 13.8 Å². The molecule has 0 saturated heterocycles. The molecule has 0 N–H and O–H groups in total. The Labute approximate surface area is 162 Å². The minimum atomic E-state index is -4.11. The molecule has 1 aromatic heterocycles. The predicted octanol–water partition coefficient (Wildman–Crippen LogP) is 4.11. The highest BCUT2D eigenvalue weighted by molar-refractivity contribution is 6.58. The van der Waals surface area contributed by atoms with Crippen LogP contribution in [0.2, 0.25) is 0 Å². The SMILES string of the molecule is COc1ccc(C2=C3C(C)=C(C=O)C(C)=[N+]3[B-](F)(F)n3c(C)cc(C)c32)cc1. The quantitative estimate of drug-likeness (QED) is 0.592. The van der Waals surface area contributed by atoms with Crippen molar-refractivity contribution in [3.05, 3.63) is 69.7 Å². The van der Waals surface area contributed by atoms with Crippen molar-refractivity contribution in [2.45, 2.75) is 27.7 Å². The van der Waals surface area contributed by atoms with Gasteiger partial charge in [0, 0.05) is 18.2 Å². The van der Waals surface area contributed by atoms with E-state index >= 15 is 8.63 Å². The maximum absolute atomic E-state index is 15.7. The average Bonchev–Trinajstić information content (AvgIpc) is 3.10. The Kier molecular flexibility index (Phi) is 3.96. The lowest BCUT2D eigenvalue weighted by atomic mass is 9.84. The molecule has 4 nitrogen and oxygen atoms in total. The summed E-state index contributed by atoms with van der Waals surface area (Å²) in [5.41, 5.74) is 4.86. The summed E-state index contributed by atoms with van der Waals surface area (Å²) in [4.78, 5) is 11.7. The molecule has 0 fully saturated rings. The number of allylic oxidation sites excluding steroid dienone is 2. The Bertz CT molecular complexity index is 1120. The molecular formula is C21H21BF2N2O2. The Hall–Kier alpha value is -2.96. The number of rotatable bonds is 3. The molecule has 1 aromatic carbocycles. The lowest BCUT2D eigenvalue weighted by molar-refractivity contribution is -0.363. The number of ether oxygens (including phenoxy) is 1. The fraction of sp³-hybridized carbons (Fsp3) is 0.238. The summed E-state index contributed by atoms with van der Waals surface area (Å²) >= 11 is 0. The van der Waals surface area contributed by atoms with Crippen LogP contribution < -0.4 is 4.74 Å². The molecule has 0 aliphatic carbocycles. The topological polar surface area (TPSA) is 34.2 Å². The largest absolute Gasteiger partial charge is 0.737 e. The van der Waals surface area contributed by atoms with Gasteiger partial charge in [-0.1, -0.05) is 12.1 Å². The van der Waals surface area contributed by atoms with Crippen LogP contribution in [0.4, 0.5) is 8.63 Å². The summed E-state index contributed by atoms with van der Waals surface area (Å²) in [5, 5.41) is 0. The summed E-state index contributed by atoms with van der Waals surface area (Å²) in [6.45, 7) is 2.74. The number of aryl methyl sites for hydroxylation is 2. The average molecular weight is 382 g/mol. The number of aromatic nitrogens is 1. The third-order valence-electron chi connectivity index (χ3n) is 5.76. The molecule has 2 aliphatic rings. The first-order valence-corrected chi connectivity index (χ1v) is 9.13. The van der Waals surface area contributed by atoms with Crippen molar-refractivity contribution in [1.82, 2.24) is 4.48 Å². The van der Waals surface area contributed by atoms with E-state index in [-0.39, 0.29) is 5.71 Å². The number of benzene rings is 1. The van der Waals surface area contributed by atoms with Crippen molar-refractivity contribution < 1.29 is 22.6 Å². The van der Waals surface area contributed by atoms with Crippen LogP contribution in [-0.4, -0.2) is 35.0 Å². The number of hydrogen-bond acceptors (Lipinski definition) is 2. The molecule has 0 saturated carbocycles. The molecule has 0 atom stereocenters. The zero-order chi connectivity index (χ0) is 20.4. The third kappa shape index (κ3) is 2.22. The van der Waals surface area contributed by atoms with E-state index < -0.39 is 6.97 Å². The molecule has 144 valence electrons. The molecular weight excluding hydrogens is 361 g/mol. The molecule has 4 rings (SSSR count). The standard InChI is InChI=1S/C21H21BF2N2O2/c1-12-10-13(2)25-20(12)19(16-6-8-17(28-5)9-7-16)21-14(3)18(11-27)15(4)26(21)22(25,23)24/h6-11H,1-5H3. The minimum absolute atomic E-state index is 0.287. The van der Waals surface area contributed by atoms with E-state index in [1.807, 2.05) is 31.2 Å². The molecule has 2 aliphatic heterocycles. The highest BCUT2D eigenvalue weighted by Gasteiger charge is 2.56. The number of fused-ring (bicyclic) bond motifs is 2. The Morgan fingerprint density at radius 2 is 1.75 bits per heavy atom. The highest BCUT2D eigenvalue weighted by Crippen LogP contribution is 2.45. The van der Waals surface area contributed by atoms with E-state index in [4.69, 9.17) is 4.74 Å². The van der Waals surface area contributed by atoms with Gasteiger partial charge in [-0.2, -0.15) is 0 Å². The van der Waals surface area contributed by atoms with Crippen LogP contribution in [0.25, 0.3) is 5.57 Å². The second kappa shape index (κ2) is 6.02. The van der Waals surface area contributed by atoms with Gasteiger partial charge in [0.15, 0.2) is 12.0 Å². The maximum Gasteiger partial charge on any atom is 0.737 e. The molecule has 0 radical (unpaired) electrons. The summed E-state index contributed by atoms with van der Waals surface area (Å²) in [6.07, 6.45) is 0.669. The number of nitrogens with zero attached hydrogens (tertiary/aromatic N) is 2. The van der Waals surface area contributed by atoms with E-state index in [0.717, 1.165) is 20.1 Å². The fourth-order valence-corrected chi connectivity index (χ4v) is 4.54. The van der Waals surface area contributed by atoms with E-state index in [2.05, 4.69) is 0 Å². The molecule has 0 bridgehead atoms. The lowest BCUT2D eigenvalue weighted by Gasteiger charge is -2.34. The first kappa shape index (κ1) is 18.4. The van der Waals surface area contributed by atoms with Crippen molar-refractivity contribution in [3.8, 4) is 5.75 Å². The van der Waals surface area contributed by atoms with Gasteiger partial charge in [0.25, 0.3) is 0 Å². The monoisotopic (exact) mass is 382 g/mol. The van der Waals surface area contributed by atoms with E-state index in [1.54, 1.807) is 33.9 Å². The zero-order valence-electron chi connectivity index (χ0n) is 16.5. The van der Waals surface area contributed by atoms with Crippen molar-refractivity contribution in [2.75, 3.05) is 7.11 Å². The molecule has 2 aromatic rings. The van der Waals surface area contributed by atoms with Gasteiger partial charge in [0.05, 0.1) is 18.3 Å². The Morgan fingerprint density at radius 1 is 1.11 bits per heavy atom. The van der Waals surface area contributed by atoms with Gasteiger partial charge in [-0.25, -0.2) is 0 Å². The minimum Gasteiger partial charge on any atom is -0.497 e. The molecule has 0 amide bonds. The van der Waals surface area contributed by atoms with Gasteiger partial charge in [-0.05, 0) is 55.8 Å². The molecule has 0 spiro atoms. The summed E-state index contributed by atoms with van der Waals surface area (Å²) in [5.74, 6) is 0.690. The van der Waals surface area contributed by atoms with E-state index in [9.17, 15) is 4.79 Å². The van der Waals surface area contributed by atoms with Crippen LogP contribution in [0.5, 0.6) is 5.75 Å². The lowest BCUT2D eigenvalue weighted by Crippen LogP contribution is -2.51. The van der Waals surface area contributed by atoms with Crippen LogP contribution in [0.1, 0.15) is 36.4 Å². The number of methoxy groups -OCH3 is 1. The maximum atomic E-state index is 15.7. The number of carbonyl (C=O) groups is 1. The van der Waals surface area contributed by atoms with Crippen LogP contribution in [-0.2, 0) is 4.79 Å². The Morgan fingerprint density at radius 3 is 2.32 bits per heavy atom. The van der Waals surface area contributed by atoms with Crippen molar-refractivity contribution in [2.24, 2.45) is 0 Å². The van der Waals surface area contributed by atoms with Crippen LogP contribution >= 0.6 is 0 Å². The number of halogens is 2. The van der Waals surface area contributed by atoms with E-state index in [1.165, 1.54) is 0 Å². The van der Waals surface area contributed by atoms with Gasteiger partial charge in [-0.3, -0.25) is 4.79 Å². The van der Waals surface area contributed by atoms with Crippen molar-refractivity contribution >= 4 is 24.5 Å². The summed E-state index contributed by atoms with van der Waals surface area (Å²) < 4.78 is 38.8. The van der Waals surface area contributed by atoms with Gasteiger partial charge in [0.1, 0.15) is 11.5 Å². The van der Waals surface area contributed by atoms with Crippen LogP contribution in [0.15, 0.2) is 47.2 Å². The molecule has 0 unspecified atom stereocenters. The fourth-order valence-electron chi connectivity index (χ4n) is 4.54. The zero-order valence-corrected chi connectivity index (χ0v) is 16.5.